The van der Waals surface area contributed by atoms with Crippen molar-refractivity contribution in [1.29, 1.82) is 0 Å². The largest absolute Gasteiger partial charge is 0.399 e. The van der Waals surface area contributed by atoms with E-state index in [-0.39, 0.29) is 0 Å². The van der Waals surface area contributed by atoms with Crippen LogP contribution in [0.25, 0.3) is 0 Å². The SMILES string of the molecule is COC1CCN(CCCc2ccccc2N)CC1. The van der Waals surface area contributed by atoms with Crippen LogP contribution in [-0.2, 0) is 11.2 Å². The molecule has 18 heavy (non-hydrogen) atoms. The summed E-state index contributed by atoms with van der Waals surface area (Å²) in [6.45, 7) is 3.51. The van der Waals surface area contributed by atoms with Crippen molar-refractivity contribution in [2.24, 2.45) is 0 Å². The number of nitrogen functional groups attached to an aromatic ring is 1. The molecule has 1 aliphatic rings. The molecule has 1 saturated heterocycles. The first-order valence-corrected chi connectivity index (χ1v) is 6.88. The van der Waals surface area contributed by atoms with Gasteiger partial charge in [-0.2, -0.15) is 0 Å². The molecule has 0 amide bonds. The summed E-state index contributed by atoms with van der Waals surface area (Å²) in [6, 6.07) is 8.18. The number of rotatable bonds is 5. The van der Waals surface area contributed by atoms with E-state index in [0.717, 1.165) is 12.1 Å². The van der Waals surface area contributed by atoms with E-state index in [9.17, 15) is 0 Å². The zero-order valence-electron chi connectivity index (χ0n) is 11.3. The van der Waals surface area contributed by atoms with Crippen LogP contribution in [0.2, 0.25) is 0 Å². The predicted octanol–water partition coefficient (Wildman–Crippen LogP) is 2.31. The van der Waals surface area contributed by atoms with Crippen LogP contribution in [0, 0.1) is 0 Å². The second kappa shape index (κ2) is 6.76. The quantitative estimate of drug-likeness (QED) is 0.813. The van der Waals surface area contributed by atoms with Gasteiger partial charge in [-0.05, 0) is 43.9 Å². The van der Waals surface area contributed by atoms with Gasteiger partial charge in [-0.15, -0.1) is 0 Å². The van der Waals surface area contributed by atoms with Crippen molar-refractivity contribution in [1.82, 2.24) is 4.90 Å². The number of anilines is 1. The lowest BCUT2D eigenvalue weighted by molar-refractivity contribution is 0.0409. The minimum atomic E-state index is 0.478. The van der Waals surface area contributed by atoms with E-state index in [0.29, 0.717) is 6.10 Å². The normalized spacial score (nSPS) is 18.1. The van der Waals surface area contributed by atoms with Gasteiger partial charge in [0.1, 0.15) is 0 Å². The number of hydrogen-bond donors (Lipinski definition) is 1. The van der Waals surface area contributed by atoms with E-state index in [1.165, 1.54) is 44.5 Å². The molecule has 2 rings (SSSR count). The molecule has 0 aromatic heterocycles. The van der Waals surface area contributed by atoms with Gasteiger partial charge in [0.2, 0.25) is 0 Å². The summed E-state index contributed by atoms with van der Waals surface area (Å²) >= 11 is 0. The molecule has 0 unspecified atom stereocenters. The number of nitrogens with zero attached hydrogens (tertiary/aromatic N) is 1. The second-order valence-corrected chi connectivity index (χ2v) is 5.08. The number of benzene rings is 1. The lowest BCUT2D eigenvalue weighted by Gasteiger charge is -2.31. The molecule has 1 aromatic rings. The summed E-state index contributed by atoms with van der Waals surface area (Å²) in [7, 11) is 1.82. The number of nitrogens with two attached hydrogens (primary N) is 1. The number of methoxy groups -OCH3 is 1. The highest BCUT2D eigenvalue weighted by Gasteiger charge is 2.17. The monoisotopic (exact) mass is 248 g/mol. The molecule has 1 heterocycles. The van der Waals surface area contributed by atoms with Crippen molar-refractivity contribution in [3.8, 4) is 0 Å². The molecule has 2 N–H and O–H groups in total. The minimum absolute atomic E-state index is 0.478. The number of piperidine rings is 1. The Kier molecular flexibility index (Phi) is 5.02. The smallest absolute Gasteiger partial charge is 0.0595 e. The zero-order valence-corrected chi connectivity index (χ0v) is 11.3. The fourth-order valence-corrected chi connectivity index (χ4v) is 2.62. The number of ether oxygens (including phenoxy) is 1. The molecule has 0 radical (unpaired) electrons. The first-order chi connectivity index (χ1) is 8.79. The van der Waals surface area contributed by atoms with Crippen LogP contribution in [0.15, 0.2) is 24.3 Å². The van der Waals surface area contributed by atoms with Crippen LogP contribution in [0.4, 0.5) is 5.69 Å². The Morgan fingerprint density at radius 2 is 2.00 bits per heavy atom. The van der Waals surface area contributed by atoms with Crippen molar-refractivity contribution in [3.05, 3.63) is 29.8 Å². The summed E-state index contributed by atoms with van der Waals surface area (Å²) in [4.78, 5) is 2.54. The van der Waals surface area contributed by atoms with Gasteiger partial charge < -0.3 is 15.4 Å². The van der Waals surface area contributed by atoms with Crippen molar-refractivity contribution < 1.29 is 4.74 Å². The van der Waals surface area contributed by atoms with E-state index < -0.39 is 0 Å². The van der Waals surface area contributed by atoms with E-state index in [1.54, 1.807) is 0 Å². The summed E-state index contributed by atoms with van der Waals surface area (Å²) in [5.74, 6) is 0. The zero-order chi connectivity index (χ0) is 12.8. The molecule has 3 nitrogen and oxygen atoms in total. The van der Waals surface area contributed by atoms with Gasteiger partial charge in [0.25, 0.3) is 0 Å². The Bertz CT molecular complexity index is 359. The summed E-state index contributed by atoms with van der Waals surface area (Å²) < 4.78 is 5.39. The number of aryl methyl sites for hydroxylation is 1. The molecule has 1 aromatic carbocycles. The van der Waals surface area contributed by atoms with Gasteiger partial charge in [-0.25, -0.2) is 0 Å². The van der Waals surface area contributed by atoms with Gasteiger partial charge in [0.05, 0.1) is 6.10 Å². The third-order valence-electron chi connectivity index (χ3n) is 3.84. The number of para-hydroxylation sites is 1. The number of likely N-dealkylation sites (tertiary alicyclic amines) is 1. The maximum Gasteiger partial charge on any atom is 0.0595 e. The van der Waals surface area contributed by atoms with E-state index >= 15 is 0 Å². The highest BCUT2D eigenvalue weighted by molar-refractivity contribution is 5.46. The topological polar surface area (TPSA) is 38.5 Å². The molecule has 1 fully saturated rings. The Morgan fingerprint density at radius 1 is 1.28 bits per heavy atom. The van der Waals surface area contributed by atoms with Gasteiger partial charge in [0, 0.05) is 25.9 Å². The van der Waals surface area contributed by atoms with Crippen LogP contribution in [0.1, 0.15) is 24.8 Å². The first-order valence-electron chi connectivity index (χ1n) is 6.88. The van der Waals surface area contributed by atoms with Crippen molar-refractivity contribution in [2.45, 2.75) is 31.8 Å². The average Bonchev–Trinajstić information content (AvgIpc) is 2.42. The van der Waals surface area contributed by atoms with Crippen LogP contribution < -0.4 is 5.73 Å². The third kappa shape index (κ3) is 3.72. The first kappa shape index (κ1) is 13.4. The van der Waals surface area contributed by atoms with Crippen LogP contribution in [0.5, 0.6) is 0 Å². The maximum absolute atomic E-state index is 5.95. The predicted molar refractivity (Wildman–Crippen MR) is 75.6 cm³/mol. The number of hydrogen-bond acceptors (Lipinski definition) is 3. The van der Waals surface area contributed by atoms with Crippen molar-refractivity contribution in [3.63, 3.8) is 0 Å². The lowest BCUT2D eigenvalue weighted by Crippen LogP contribution is -2.37. The fraction of sp³-hybridized carbons (Fsp3) is 0.600. The maximum atomic E-state index is 5.95. The Balaban J connectivity index is 1.69. The molecule has 3 heteroatoms. The Morgan fingerprint density at radius 3 is 2.67 bits per heavy atom. The third-order valence-corrected chi connectivity index (χ3v) is 3.84. The van der Waals surface area contributed by atoms with Crippen LogP contribution >= 0.6 is 0 Å². The van der Waals surface area contributed by atoms with Gasteiger partial charge in [-0.1, -0.05) is 18.2 Å². The van der Waals surface area contributed by atoms with Gasteiger partial charge in [0.15, 0.2) is 0 Å². The van der Waals surface area contributed by atoms with Crippen LogP contribution in [-0.4, -0.2) is 37.7 Å². The standard InChI is InChI=1S/C15H24N2O/c1-18-14-8-11-17(12-9-14)10-4-6-13-5-2-3-7-15(13)16/h2-3,5,7,14H,4,6,8-12,16H2,1H3. The average molecular weight is 248 g/mol. The van der Waals surface area contributed by atoms with E-state index in [2.05, 4.69) is 17.0 Å². The molecule has 100 valence electrons. The molecule has 0 spiro atoms. The molecule has 0 bridgehead atoms. The fourth-order valence-electron chi connectivity index (χ4n) is 2.62. The lowest BCUT2D eigenvalue weighted by atomic mass is 10.1. The van der Waals surface area contributed by atoms with E-state index in [1.807, 2.05) is 19.2 Å². The van der Waals surface area contributed by atoms with Crippen molar-refractivity contribution in [2.75, 3.05) is 32.5 Å². The highest BCUT2D eigenvalue weighted by atomic mass is 16.5. The molecule has 0 aliphatic carbocycles. The molecular weight excluding hydrogens is 224 g/mol. The summed E-state index contributed by atoms with van der Waals surface area (Å²) in [5.41, 5.74) is 8.15. The van der Waals surface area contributed by atoms with Gasteiger partial charge >= 0.3 is 0 Å². The minimum Gasteiger partial charge on any atom is -0.399 e. The Hall–Kier alpha value is -1.06. The molecule has 0 saturated carbocycles. The Labute approximate surface area is 110 Å². The highest BCUT2D eigenvalue weighted by Crippen LogP contribution is 2.15. The van der Waals surface area contributed by atoms with E-state index in [4.69, 9.17) is 10.5 Å². The second-order valence-electron chi connectivity index (χ2n) is 5.08. The summed E-state index contributed by atoms with van der Waals surface area (Å²) in [6.07, 6.45) is 5.09. The molecule has 1 aliphatic heterocycles. The van der Waals surface area contributed by atoms with Crippen molar-refractivity contribution >= 4 is 5.69 Å². The molecule has 0 atom stereocenters. The van der Waals surface area contributed by atoms with Crippen LogP contribution in [0.3, 0.4) is 0 Å². The molecular formula is C15H24N2O. The summed E-state index contributed by atoms with van der Waals surface area (Å²) in [5, 5.41) is 0. The van der Waals surface area contributed by atoms with Gasteiger partial charge in [-0.3, -0.25) is 0 Å².